The molecule has 2 heterocycles. The number of hydrogen-bond acceptors (Lipinski definition) is 6. The second-order valence-corrected chi connectivity index (χ2v) is 8.88. The second-order valence-electron chi connectivity index (χ2n) is 7.36. The first kappa shape index (κ1) is 21.4. The topological polar surface area (TPSA) is 81.1 Å². The van der Waals surface area contributed by atoms with Crippen molar-refractivity contribution in [3.05, 3.63) is 101 Å². The summed E-state index contributed by atoms with van der Waals surface area (Å²) < 4.78 is 7.65. The molecular weight excluding hydrogens is 458 g/mol. The van der Waals surface area contributed by atoms with Crippen molar-refractivity contribution in [2.24, 2.45) is 0 Å². The van der Waals surface area contributed by atoms with Gasteiger partial charge in [-0.05, 0) is 29.8 Å². The predicted molar refractivity (Wildman–Crippen MR) is 129 cm³/mol. The molecule has 1 aromatic heterocycles. The summed E-state index contributed by atoms with van der Waals surface area (Å²) >= 11 is 7.60. The van der Waals surface area contributed by atoms with Crippen LogP contribution in [0.3, 0.4) is 0 Å². The van der Waals surface area contributed by atoms with Crippen LogP contribution in [0.15, 0.2) is 90.1 Å². The summed E-state index contributed by atoms with van der Waals surface area (Å²) in [6.07, 6.45) is 0. The Kier molecular flexibility index (Phi) is 6.19. The van der Waals surface area contributed by atoms with Gasteiger partial charge in [0.2, 0.25) is 11.1 Å². The van der Waals surface area contributed by atoms with Crippen molar-refractivity contribution in [3.63, 3.8) is 0 Å². The Bertz CT molecular complexity index is 1250. The first-order chi connectivity index (χ1) is 16.2. The third-order valence-corrected chi connectivity index (χ3v) is 6.71. The molecule has 3 aromatic carbocycles. The predicted octanol–water partition coefficient (Wildman–Crippen LogP) is 4.91. The average molecular weight is 478 g/mol. The maximum Gasteiger partial charge on any atom is 0.240 e. The maximum absolute atomic E-state index is 13.3. The van der Waals surface area contributed by atoms with Crippen molar-refractivity contribution in [1.82, 2.24) is 14.9 Å². The van der Waals surface area contributed by atoms with Gasteiger partial charge in [0, 0.05) is 0 Å². The van der Waals surface area contributed by atoms with Crippen LogP contribution in [-0.4, -0.2) is 26.0 Å². The van der Waals surface area contributed by atoms with Crippen LogP contribution in [0, 0.1) is 0 Å². The van der Waals surface area contributed by atoms with Crippen molar-refractivity contribution in [3.8, 4) is 5.75 Å². The molecule has 1 aliphatic heterocycles. The van der Waals surface area contributed by atoms with E-state index < -0.39 is 5.25 Å². The molecular formula is C24H20ClN5O2S. The van der Waals surface area contributed by atoms with Gasteiger partial charge in [0.25, 0.3) is 0 Å². The third-order valence-electron chi connectivity index (χ3n) is 5.16. The Morgan fingerprint density at radius 3 is 2.45 bits per heavy atom. The fraction of sp³-hybridized carbons (Fsp3) is 0.125. The Morgan fingerprint density at radius 2 is 1.70 bits per heavy atom. The van der Waals surface area contributed by atoms with Crippen LogP contribution >= 0.6 is 23.4 Å². The van der Waals surface area contributed by atoms with Gasteiger partial charge in [0.15, 0.2) is 5.82 Å². The van der Waals surface area contributed by atoms with Crippen LogP contribution in [0.2, 0.25) is 5.02 Å². The first-order valence-electron chi connectivity index (χ1n) is 10.3. The van der Waals surface area contributed by atoms with Crippen LogP contribution in [0.5, 0.6) is 5.75 Å². The summed E-state index contributed by atoms with van der Waals surface area (Å²) in [5.74, 6) is 1.19. The number of para-hydroxylation sites is 2. The zero-order chi connectivity index (χ0) is 22.6. The quantitative estimate of drug-likeness (QED) is 0.410. The molecule has 0 bridgehead atoms. The molecule has 0 spiro atoms. The van der Waals surface area contributed by atoms with Gasteiger partial charge >= 0.3 is 0 Å². The molecule has 0 radical (unpaired) electrons. The zero-order valence-corrected chi connectivity index (χ0v) is 19.0. The highest BCUT2D eigenvalue weighted by molar-refractivity contribution is 8.00. The smallest absolute Gasteiger partial charge is 0.240 e. The molecule has 2 atom stereocenters. The van der Waals surface area contributed by atoms with Crippen molar-refractivity contribution < 1.29 is 9.53 Å². The number of halogens is 1. The van der Waals surface area contributed by atoms with Crippen LogP contribution < -0.4 is 15.5 Å². The first-order valence-corrected chi connectivity index (χ1v) is 11.6. The van der Waals surface area contributed by atoms with Gasteiger partial charge in [-0.25, -0.2) is 4.68 Å². The minimum absolute atomic E-state index is 0.175. The fourth-order valence-corrected chi connectivity index (χ4v) is 4.82. The Hall–Kier alpha value is -3.49. The molecule has 1 aliphatic rings. The number of benzene rings is 3. The van der Waals surface area contributed by atoms with Crippen molar-refractivity contribution in [2.75, 3.05) is 10.7 Å². The fourth-order valence-electron chi connectivity index (χ4n) is 3.53. The number of nitrogens with one attached hydrogen (secondary N) is 2. The summed E-state index contributed by atoms with van der Waals surface area (Å²) in [5.41, 5.74) is 4.97. The molecule has 166 valence electrons. The number of rotatable bonds is 6. The van der Waals surface area contributed by atoms with Gasteiger partial charge in [-0.3, -0.25) is 4.79 Å². The second kappa shape index (κ2) is 9.56. The standard InChI is InChI=1S/C24H20ClN5O2S/c25-18-13-7-8-14-19(18)26-23(31)22-21(16-9-3-1-4-10-16)29-30-20(27-28-24(30)33-22)15-32-17-11-5-2-6-12-17/h1-14,21-22,29H,15H2,(H,26,31)/t21-,22-/m0/s1. The molecule has 9 heteroatoms. The number of carbonyl (C=O) groups is 1. The lowest BCUT2D eigenvalue weighted by Crippen LogP contribution is -2.41. The number of anilines is 1. The van der Waals surface area contributed by atoms with E-state index in [1.165, 1.54) is 11.8 Å². The van der Waals surface area contributed by atoms with Crippen LogP contribution in [0.1, 0.15) is 17.4 Å². The van der Waals surface area contributed by atoms with Gasteiger partial charge in [0.05, 0.1) is 16.8 Å². The maximum atomic E-state index is 13.3. The van der Waals surface area contributed by atoms with E-state index in [-0.39, 0.29) is 18.6 Å². The third kappa shape index (κ3) is 4.67. The summed E-state index contributed by atoms with van der Waals surface area (Å²) in [7, 11) is 0. The van der Waals surface area contributed by atoms with Crippen LogP contribution in [0.4, 0.5) is 5.69 Å². The summed E-state index contributed by atoms with van der Waals surface area (Å²) in [6, 6.07) is 26.2. The molecule has 4 aromatic rings. The van der Waals surface area contributed by atoms with Gasteiger partial charge < -0.3 is 15.5 Å². The van der Waals surface area contributed by atoms with E-state index in [2.05, 4.69) is 20.9 Å². The number of aromatic nitrogens is 3. The van der Waals surface area contributed by atoms with Crippen molar-refractivity contribution in [2.45, 2.75) is 23.1 Å². The molecule has 2 N–H and O–H groups in total. The number of nitrogens with zero attached hydrogens (tertiary/aromatic N) is 3. The number of ether oxygens (including phenoxy) is 1. The number of amides is 1. The summed E-state index contributed by atoms with van der Waals surface area (Å²) in [6.45, 7) is 0.239. The molecule has 5 rings (SSSR count). The van der Waals surface area contributed by atoms with E-state index in [9.17, 15) is 4.79 Å². The van der Waals surface area contributed by atoms with Crippen LogP contribution in [0.25, 0.3) is 0 Å². The van der Waals surface area contributed by atoms with E-state index in [0.29, 0.717) is 21.7 Å². The highest BCUT2D eigenvalue weighted by Crippen LogP contribution is 2.38. The van der Waals surface area contributed by atoms with Crippen LogP contribution in [-0.2, 0) is 11.4 Å². The van der Waals surface area contributed by atoms with E-state index in [4.69, 9.17) is 16.3 Å². The van der Waals surface area contributed by atoms with Gasteiger partial charge in [-0.15, -0.1) is 10.2 Å². The minimum Gasteiger partial charge on any atom is -0.486 e. The normalized spacial score (nSPS) is 17.0. The van der Waals surface area contributed by atoms with Crippen molar-refractivity contribution >= 4 is 35.0 Å². The molecule has 0 saturated carbocycles. The number of hydrogen-bond donors (Lipinski definition) is 2. The zero-order valence-electron chi connectivity index (χ0n) is 17.4. The molecule has 1 amide bonds. The van der Waals surface area contributed by atoms with Gasteiger partial charge in [-0.1, -0.05) is 84.0 Å². The number of fused-ring (bicyclic) bond motifs is 1. The number of thioether (sulfide) groups is 1. The lowest BCUT2D eigenvalue weighted by molar-refractivity contribution is -0.116. The Labute approximate surface area is 200 Å². The molecule has 0 saturated heterocycles. The lowest BCUT2D eigenvalue weighted by Gasteiger charge is -2.33. The summed E-state index contributed by atoms with van der Waals surface area (Å²) in [5, 5.41) is 12.1. The van der Waals surface area contributed by atoms with Gasteiger partial charge in [0.1, 0.15) is 17.6 Å². The minimum atomic E-state index is -0.497. The average Bonchev–Trinajstić information content (AvgIpc) is 3.26. The Balaban J connectivity index is 1.41. The molecule has 0 aliphatic carbocycles. The van der Waals surface area contributed by atoms with E-state index in [1.54, 1.807) is 16.8 Å². The SMILES string of the molecule is O=C(Nc1ccccc1Cl)[C@H]1Sc2nnc(COc3ccccc3)n2N[C@H]1c1ccccc1. The lowest BCUT2D eigenvalue weighted by atomic mass is 10.0. The van der Waals surface area contributed by atoms with E-state index in [1.807, 2.05) is 72.8 Å². The monoisotopic (exact) mass is 477 g/mol. The Morgan fingerprint density at radius 1 is 1.00 bits per heavy atom. The largest absolute Gasteiger partial charge is 0.486 e. The number of carbonyl (C=O) groups excluding carboxylic acids is 1. The molecule has 0 unspecified atom stereocenters. The highest BCUT2D eigenvalue weighted by atomic mass is 35.5. The van der Waals surface area contributed by atoms with Gasteiger partial charge in [-0.2, -0.15) is 0 Å². The van der Waals surface area contributed by atoms with E-state index >= 15 is 0 Å². The summed E-state index contributed by atoms with van der Waals surface area (Å²) in [4.78, 5) is 13.3. The van der Waals surface area contributed by atoms with Crippen molar-refractivity contribution in [1.29, 1.82) is 0 Å². The molecule has 33 heavy (non-hydrogen) atoms. The highest BCUT2D eigenvalue weighted by Gasteiger charge is 2.38. The molecule has 0 fully saturated rings. The van der Waals surface area contributed by atoms with E-state index in [0.717, 1.165) is 11.3 Å². The molecule has 7 nitrogen and oxygen atoms in total.